The van der Waals surface area contributed by atoms with Crippen molar-refractivity contribution in [2.75, 3.05) is 40.5 Å². The minimum atomic E-state index is -0.348. The van der Waals surface area contributed by atoms with Gasteiger partial charge in [0, 0.05) is 25.8 Å². The highest BCUT2D eigenvalue weighted by atomic mass is 16.5. The molecule has 1 heterocycles. The van der Waals surface area contributed by atoms with Gasteiger partial charge >= 0.3 is 5.97 Å². The van der Waals surface area contributed by atoms with E-state index in [9.17, 15) is 9.59 Å². The molecule has 0 saturated carbocycles. The number of amides is 1. The van der Waals surface area contributed by atoms with Gasteiger partial charge in [-0.25, -0.2) is 0 Å². The van der Waals surface area contributed by atoms with E-state index in [-0.39, 0.29) is 37.6 Å². The molecule has 1 amide bonds. The molecule has 138 valence electrons. The fraction of sp³-hybridized carbons (Fsp3) is 0.556. The van der Waals surface area contributed by atoms with Crippen LogP contribution in [-0.2, 0) is 19.1 Å². The number of methoxy groups -OCH3 is 2. The fourth-order valence-corrected chi connectivity index (χ4v) is 2.61. The molecule has 1 fully saturated rings. The summed E-state index contributed by atoms with van der Waals surface area (Å²) in [5.41, 5.74) is 0. The second-order valence-electron chi connectivity index (χ2n) is 5.77. The topological polar surface area (TPSA) is 74.3 Å². The summed E-state index contributed by atoms with van der Waals surface area (Å²) < 4.78 is 20.9. The Morgan fingerprint density at radius 3 is 2.76 bits per heavy atom. The number of carbonyl (C=O) groups is 2. The van der Waals surface area contributed by atoms with Crippen molar-refractivity contribution in [2.45, 2.75) is 25.4 Å². The molecule has 1 aliphatic rings. The van der Waals surface area contributed by atoms with Crippen molar-refractivity contribution in [3.05, 3.63) is 24.3 Å². The number of rotatable bonds is 9. The Balaban J connectivity index is 1.91. The number of carbonyl (C=O) groups excluding carboxylic acids is 2. The maximum Gasteiger partial charge on any atom is 0.307 e. The molecule has 0 bridgehead atoms. The van der Waals surface area contributed by atoms with Crippen LogP contribution in [0.3, 0.4) is 0 Å². The smallest absolute Gasteiger partial charge is 0.307 e. The van der Waals surface area contributed by atoms with Crippen molar-refractivity contribution >= 4 is 11.9 Å². The van der Waals surface area contributed by atoms with E-state index in [2.05, 4.69) is 4.74 Å². The minimum Gasteiger partial charge on any atom is -0.497 e. The molecule has 7 heteroatoms. The predicted octanol–water partition coefficient (Wildman–Crippen LogP) is 1.64. The summed E-state index contributed by atoms with van der Waals surface area (Å²) in [6, 6.07) is 7.07. The van der Waals surface area contributed by atoms with Gasteiger partial charge in [0.05, 0.1) is 26.7 Å². The van der Waals surface area contributed by atoms with Gasteiger partial charge in [-0.1, -0.05) is 6.07 Å². The van der Waals surface area contributed by atoms with Gasteiger partial charge in [0.2, 0.25) is 0 Å². The molecule has 0 N–H and O–H groups in total. The number of ether oxygens (including phenoxy) is 4. The Bertz CT molecular complexity index is 570. The first-order valence-electron chi connectivity index (χ1n) is 8.35. The number of benzene rings is 1. The quantitative estimate of drug-likeness (QED) is 0.630. The molecule has 2 rings (SSSR count). The molecule has 1 aromatic rings. The highest BCUT2D eigenvalue weighted by Gasteiger charge is 2.23. The van der Waals surface area contributed by atoms with Gasteiger partial charge in [-0.2, -0.15) is 0 Å². The van der Waals surface area contributed by atoms with E-state index >= 15 is 0 Å². The Morgan fingerprint density at radius 2 is 2.08 bits per heavy atom. The summed E-state index contributed by atoms with van der Waals surface area (Å²) in [6.07, 6.45) is 2.06. The van der Waals surface area contributed by atoms with Crippen molar-refractivity contribution in [2.24, 2.45) is 0 Å². The maximum atomic E-state index is 12.5. The van der Waals surface area contributed by atoms with Gasteiger partial charge in [0.25, 0.3) is 5.91 Å². The molecule has 1 aromatic carbocycles. The van der Waals surface area contributed by atoms with Gasteiger partial charge < -0.3 is 23.8 Å². The minimum absolute atomic E-state index is 0.0124. The van der Waals surface area contributed by atoms with Crippen LogP contribution < -0.4 is 9.47 Å². The van der Waals surface area contributed by atoms with Crippen LogP contribution in [0.5, 0.6) is 11.5 Å². The summed E-state index contributed by atoms with van der Waals surface area (Å²) >= 11 is 0. The van der Waals surface area contributed by atoms with Crippen LogP contribution in [0, 0.1) is 0 Å². The normalized spacial score (nSPS) is 16.3. The zero-order chi connectivity index (χ0) is 18.1. The summed E-state index contributed by atoms with van der Waals surface area (Å²) in [4.78, 5) is 25.5. The van der Waals surface area contributed by atoms with Crippen molar-refractivity contribution in [1.29, 1.82) is 0 Å². The van der Waals surface area contributed by atoms with Crippen molar-refractivity contribution < 1.29 is 28.5 Å². The van der Waals surface area contributed by atoms with E-state index in [4.69, 9.17) is 14.2 Å². The largest absolute Gasteiger partial charge is 0.497 e. The lowest BCUT2D eigenvalue weighted by Crippen LogP contribution is -2.41. The Kier molecular flexibility index (Phi) is 7.53. The van der Waals surface area contributed by atoms with Crippen LogP contribution in [0.4, 0.5) is 0 Å². The average Bonchev–Trinajstić information content (AvgIpc) is 3.16. The highest BCUT2D eigenvalue weighted by Crippen LogP contribution is 2.19. The molecule has 1 unspecified atom stereocenters. The van der Waals surface area contributed by atoms with Crippen LogP contribution in [-0.4, -0.2) is 63.4 Å². The van der Waals surface area contributed by atoms with E-state index in [1.165, 1.54) is 7.11 Å². The highest BCUT2D eigenvalue weighted by molar-refractivity contribution is 5.78. The summed E-state index contributed by atoms with van der Waals surface area (Å²) in [6.45, 7) is 1.34. The Morgan fingerprint density at radius 1 is 1.28 bits per heavy atom. The first-order valence-corrected chi connectivity index (χ1v) is 8.35. The molecule has 7 nitrogen and oxygen atoms in total. The molecule has 0 spiro atoms. The standard InChI is InChI=1S/C18H25NO6/c1-22-14-5-3-6-15(11-14)25-13-17(20)19(9-8-18(21)23-2)12-16-7-4-10-24-16/h3,5-6,11,16H,4,7-10,12-13H2,1-2H3. The van der Waals surface area contributed by atoms with Crippen molar-refractivity contribution in [1.82, 2.24) is 4.90 Å². The van der Waals surface area contributed by atoms with Crippen LogP contribution in [0.1, 0.15) is 19.3 Å². The molecule has 0 aliphatic carbocycles. The molecule has 0 aromatic heterocycles. The molecule has 1 saturated heterocycles. The molecule has 25 heavy (non-hydrogen) atoms. The van der Waals surface area contributed by atoms with Crippen molar-refractivity contribution in [3.63, 3.8) is 0 Å². The SMILES string of the molecule is COC(=O)CCN(CC1CCCO1)C(=O)COc1cccc(OC)c1. The van der Waals surface area contributed by atoms with E-state index in [0.29, 0.717) is 24.7 Å². The van der Waals surface area contributed by atoms with Crippen LogP contribution in [0.15, 0.2) is 24.3 Å². The first-order chi connectivity index (χ1) is 12.1. The fourth-order valence-electron chi connectivity index (χ4n) is 2.61. The predicted molar refractivity (Wildman–Crippen MR) is 90.7 cm³/mol. The number of hydrogen-bond acceptors (Lipinski definition) is 6. The third-order valence-corrected chi connectivity index (χ3v) is 4.02. The number of esters is 1. The molecular formula is C18H25NO6. The lowest BCUT2D eigenvalue weighted by atomic mass is 10.2. The molecule has 0 radical (unpaired) electrons. The second-order valence-corrected chi connectivity index (χ2v) is 5.77. The van der Waals surface area contributed by atoms with Crippen LogP contribution >= 0.6 is 0 Å². The second kappa shape index (κ2) is 9.88. The van der Waals surface area contributed by atoms with Crippen LogP contribution in [0.2, 0.25) is 0 Å². The maximum absolute atomic E-state index is 12.5. The third-order valence-electron chi connectivity index (χ3n) is 4.02. The summed E-state index contributed by atoms with van der Waals surface area (Å²) in [7, 11) is 2.90. The summed E-state index contributed by atoms with van der Waals surface area (Å²) in [5, 5.41) is 0. The lowest BCUT2D eigenvalue weighted by molar-refractivity contribution is -0.142. The zero-order valence-electron chi connectivity index (χ0n) is 14.7. The Labute approximate surface area is 147 Å². The average molecular weight is 351 g/mol. The monoisotopic (exact) mass is 351 g/mol. The van der Waals surface area contributed by atoms with Gasteiger partial charge in [0.1, 0.15) is 11.5 Å². The third kappa shape index (κ3) is 6.26. The molecule has 1 aliphatic heterocycles. The number of nitrogens with zero attached hydrogens (tertiary/aromatic N) is 1. The number of hydrogen-bond donors (Lipinski definition) is 0. The first kappa shape index (κ1) is 19.1. The van der Waals surface area contributed by atoms with Gasteiger partial charge in [0.15, 0.2) is 6.61 Å². The lowest BCUT2D eigenvalue weighted by Gasteiger charge is -2.25. The zero-order valence-corrected chi connectivity index (χ0v) is 14.7. The van der Waals surface area contributed by atoms with Gasteiger partial charge in [-0.15, -0.1) is 0 Å². The van der Waals surface area contributed by atoms with E-state index < -0.39 is 0 Å². The van der Waals surface area contributed by atoms with Crippen LogP contribution in [0.25, 0.3) is 0 Å². The Hall–Kier alpha value is -2.28. The van der Waals surface area contributed by atoms with Crippen molar-refractivity contribution in [3.8, 4) is 11.5 Å². The van der Waals surface area contributed by atoms with Gasteiger partial charge in [-0.3, -0.25) is 9.59 Å². The van der Waals surface area contributed by atoms with E-state index in [1.54, 1.807) is 36.3 Å². The molecular weight excluding hydrogens is 326 g/mol. The molecule has 1 atom stereocenters. The van der Waals surface area contributed by atoms with Gasteiger partial charge in [-0.05, 0) is 25.0 Å². The summed E-state index contributed by atoms with van der Waals surface area (Å²) in [5.74, 6) is 0.672. The van der Waals surface area contributed by atoms with E-state index in [1.807, 2.05) is 0 Å². The van der Waals surface area contributed by atoms with E-state index in [0.717, 1.165) is 12.8 Å².